The highest BCUT2D eigenvalue weighted by Gasteiger charge is 2.19. The third-order valence-corrected chi connectivity index (χ3v) is 8.02. The Morgan fingerprint density at radius 1 is 0.381 bits per heavy atom. The average Bonchev–Trinajstić information content (AvgIpc) is 2.95. The lowest BCUT2D eigenvalue weighted by Gasteiger charge is -2.28. The number of unbranched alkanes of at least 4 members (excludes halogenated alkanes) is 18. The van der Waals surface area contributed by atoms with Crippen LogP contribution in [0.3, 0.4) is 0 Å². The van der Waals surface area contributed by atoms with Gasteiger partial charge in [0, 0.05) is 39.0 Å². The number of hydrogen-bond donors (Lipinski definition) is 2. The molecule has 0 rings (SSSR count). The van der Waals surface area contributed by atoms with E-state index in [0.29, 0.717) is 12.8 Å². The van der Waals surface area contributed by atoms with E-state index in [1.165, 1.54) is 89.9 Å². The molecule has 0 aromatic heterocycles. The molecular weight excluding hydrogens is 532 g/mol. The first-order valence-corrected chi connectivity index (χ1v) is 17.3. The minimum atomic E-state index is -0.966. The Labute approximate surface area is 257 Å². The van der Waals surface area contributed by atoms with Crippen LogP contribution in [-0.4, -0.2) is 69.9 Å². The molecule has 246 valence electrons. The van der Waals surface area contributed by atoms with Gasteiger partial charge in [0.1, 0.15) is 0 Å². The molecule has 0 unspecified atom stereocenters. The van der Waals surface area contributed by atoms with Crippen molar-refractivity contribution in [2.24, 2.45) is 0 Å². The Balaban J connectivity index is 4.56. The number of rotatable bonds is 31. The summed E-state index contributed by atoms with van der Waals surface area (Å²) in [6, 6.07) is 0. The first-order chi connectivity index (χ1) is 20.3. The number of carboxylic acids is 2. The van der Waals surface area contributed by atoms with Gasteiger partial charge in [0.2, 0.25) is 11.8 Å². The second kappa shape index (κ2) is 29.0. The van der Waals surface area contributed by atoms with E-state index in [2.05, 4.69) is 13.8 Å². The van der Waals surface area contributed by atoms with Crippen molar-refractivity contribution in [3.8, 4) is 0 Å². The zero-order valence-electron chi connectivity index (χ0n) is 27.2. The molecule has 2 N–H and O–H groups in total. The smallest absolute Gasteiger partial charge is 0.305 e. The maximum Gasteiger partial charge on any atom is 0.305 e. The van der Waals surface area contributed by atoms with E-state index in [4.69, 9.17) is 0 Å². The van der Waals surface area contributed by atoms with Crippen molar-refractivity contribution in [3.05, 3.63) is 0 Å². The van der Waals surface area contributed by atoms with Gasteiger partial charge in [0.25, 0.3) is 0 Å². The quantitative estimate of drug-likeness (QED) is 0.0779. The van der Waals surface area contributed by atoms with Crippen LogP contribution in [-0.2, 0) is 19.2 Å². The minimum absolute atomic E-state index is 0.0869. The molecule has 0 spiro atoms. The lowest BCUT2D eigenvalue weighted by Crippen LogP contribution is -2.42. The summed E-state index contributed by atoms with van der Waals surface area (Å²) in [5.74, 6) is -2.11. The standard InChI is InChI=1S/C34H64N2O6/c1-3-5-7-9-11-13-15-17-19-21-23-31(37)35(27-25-33(39)40)29-30-36(28-26-34(41)42)32(38)24-22-20-18-16-14-12-10-8-6-4-2/h3-30H2,1-2H3,(H,39,40)(H,41,42). The fraction of sp³-hybridized carbons (Fsp3) is 0.882. The molecule has 0 saturated heterocycles. The molecule has 0 bridgehead atoms. The SMILES string of the molecule is CCCCCCCCCCCCC(=O)N(CCC(=O)O)CCN(CCC(=O)O)C(=O)CCCCCCCCCCCC. The van der Waals surface area contributed by atoms with Crippen LogP contribution in [0, 0.1) is 0 Å². The monoisotopic (exact) mass is 596 g/mol. The van der Waals surface area contributed by atoms with Crippen molar-refractivity contribution in [3.63, 3.8) is 0 Å². The highest BCUT2D eigenvalue weighted by atomic mass is 16.4. The van der Waals surface area contributed by atoms with Crippen molar-refractivity contribution in [2.75, 3.05) is 26.2 Å². The maximum atomic E-state index is 12.9. The summed E-state index contributed by atoms with van der Waals surface area (Å²) in [5, 5.41) is 18.3. The van der Waals surface area contributed by atoms with Crippen molar-refractivity contribution in [1.82, 2.24) is 9.80 Å². The number of amides is 2. The number of carbonyl (C=O) groups excluding carboxylic acids is 2. The molecule has 0 aromatic carbocycles. The lowest BCUT2D eigenvalue weighted by molar-refractivity contribution is -0.141. The van der Waals surface area contributed by atoms with Gasteiger partial charge in [0.05, 0.1) is 12.8 Å². The van der Waals surface area contributed by atoms with Gasteiger partial charge in [-0.25, -0.2) is 0 Å². The summed E-state index contributed by atoms with van der Waals surface area (Å²) in [5.41, 5.74) is 0. The number of nitrogens with zero attached hydrogens (tertiary/aromatic N) is 2. The van der Waals surface area contributed by atoms with Crippen molar-refractivity contribution >= 4 is 23.8 Å². The number of hydrogen-bond acceptors (Lipinski definition) is 4. The summed E-state index contributed by atoms with van der Waals surface area (Å²) < 4.78 is 0. The predicted octanol–water partition coefficient (Wildman–Crippen LogP) is 8.22. The Hall–Kier alpha value is -2.12. The molecule has 0 aliphatic rings. The fourth-order valence-electron chi connectivity index (χ4n) is 5.27. The van der Waals surface area contributed by atoms with Gasteiger partial charge in [-0.3, -0.25) is 19.2 Å². The van der Waals surface area contributed by atoms with Gasteiger partial charge in [-0.1, -0.05) is 129 Å². The number of carboxylic acid groups (broad SMARTS) is 2. The normalized spacial score (nSPS) is 11.0. The van der Waals surface area contributed by atoms with E-state index in [0.717, 1.165) is 38.5 Å². The molecule has 0 heterocycles. The zero-order chi connectivity index (χ0) is 31.3. The summed E-state index contributed by atoms with van der Waals surface area (Å²) in [4.78, 5) is 51.4. The third-order valence-electron chi connectivity index (χ3n) is 8.02. The van der Waals surface area contributed by atoms with E-state index in [9.17, 15) is 29.4 Å². The van der Waals surface area contributed by atoms with E-state index in [1.807, 2.05) is 0 Å². The van der Waals surface area contributed by atoms with Crippen LogP contribution in [0.25, 0.3) is 0 Å². The third kappa shape index (κ3) is 25.6. The number of aliphatic carboxylic acids is 2. The van der Waals surface area contributed by atoms with Gasteiger partial charge in [0.15, 0.2) is 0 Å². The summed E-state index contributed by atoms with van der Waals surface area (Å²) in [7, 11) is 0. The van der Waals surface area contributed by atoms with Crippen LogP contribution >= 0.6 is 0 Å². The second-order valence-corrected chi connectivity index (χ2v) is 11.9. The molecule has 0 aliphatic heterocycles. The molecule has 0 atom stereocenters. The Morgan fingerprint density at radius 3 is 0.905 bits per heavy atom. The lowest BCUT2D eigenvalue weighted by atomic mass is 10.1. The van der Waals surface area contributed by atoms with Crippen molar-refractivity contribution in [1.29, 1.82) is 0 Å². The van der Waals surface area contributed by atoms with Gasteiger partial charge < -0.3 is 20.0 Å². The van der Waals surface area contributed by atoms with E-state index in [-0.39, 0.29) is 50.8 Å². The number of carbonyl (C=O) groups is 4. The highest BCUT2D eigenvalue weighted by Crippen LogP contribution is 2.14. The summed E-state index contributed by atoms with van der Waals surface area (Å²) >= 11 is 0. The molecule has 0 radical (unpaired) electrons. The van der Waals surface area contributed by atoms with Crippen LogP contribution in [0.1, 0.15) is 168 Å². The van der Waals surface area contributed by atoms with Crippen molar-refractivity contribution in [2.45, 2.75) is 168 Å². The molecule has 8 heteroatoms. The topological polar surface area (TPSA) is 115 Å². The Bertz CT molecular complexity index is 642. The molecule has 0 aromatic rings. The first kappa shape index (κ1) is 39.9. The largest absolute Gasteiger partial charge is 0.481 e. The average molecular weight is 597 g/mol. The maximum absolute atomic E-state index is 12.9. The van der Waals surface area contributed by atoms with Crippen LogP contribution in [0.4, 0.5) is 0 Å². The summed E-state index contributed by atoms with van der Waals surface area (Å²) in [6.07, 6.45) is 23.9. The second-order valence-electron chi connectivity index (χ2n) is 11.9. The van der Waals surface area contributed by atoms with E-state index in [1.54, 1.807) is 9.80 Å². The molecule has 2 amide bonds. The van der Waals surface area contributed by atoms with Crippen molar-refractivity contribution < 1.29 is 29.4 Å². The first-order valence-electron chi connectivity index (χ1n) is 17.3. The van der Waals surface area contributed by atoms with Gasteiger partial charge in [-0.2, -0.15) is 0 Å². The van der Waals surface area contributed by atoms with Crippen LogP contribution < -0.4 is 0 Å². The molecule has 8 nitrogen and oxygen atoms in total. The van der Waals surface area contributed by atoms with Gasteiger partial charge in [-0.05, 0) is 12.8 Å². The van der Waals surface area contributed by atoms with E-state index < -0.39 is 11.9 Å². The molecule has 0 saturated carbocycles. The zero-order valence-corrected chi connectivity index (χ0v) is 27.2. The van der Waals surface area contributed by atoms with Crippen LogP contribution in [0.2, 0.25) is 0 Å². The summed E-state index contributed by atoms with van der Waals surface area (Å²) in [6.45, 7) is 5.11. The Morgan fingerprint density at radius 2 is 0.643 bits per heavy atom. The van der Waals surface area contributed by atoms with Crippen LogP contribution in [0.15, 0.2) is 0 Å². The Kier molecular flexibility index (Phi) is 27.5. The molecular formula is C34H64N2O6. The highest BCUT2D eigenvalue weighted by molar-refractivity contribution is 5.78. The van der Waals surface area contributed by atoms with Gasteiger partial charge >= 0.3 is 11.9 Å². The molecule has 0 fully saturated rings. The van der Waals surface area contributed by atoms with E-state index >= 15 is 0 Å². The fourth-order valence-corrected chi connectivity index (χ4v) is 5.27. The molecule has 42 heavy (non-hydrogen) atoms. The van der Waals surface area contributed by atoms with Gasteiger partial charge in [-0.15, -0.1) is 0 Å². The molecule has 0 aliphatic carbocycles. The predicted molar refractivity (Wildman–Crippen MR) is 171 cm³/mol. The minimum Gasteiger partial charge on any atom is -0.481 e. The van der Waals surface area contributed by atoms with Crippen LogP contribution in [0.5, 0.6) is 0 Å².